The van der Waals surface area contributed by atoms with Gasteiger partial charge in [-0.1, -0.05) is 17.7 Å². The molecular formula is C17H15N3O3. The number of aryl methyl sites for hydroxylation is 2. The molecule has 6 nitrogen and oxygen atoms in total. The number of hydrogen-bond donors (Lipinski definition) is 1. The van der Waals surface area contributed by atoms with Gasteiger partial charge < -0.3 is 4.57 Å². The lowest BCUT2D eigenvalue weighted by molar-refractivity contribution is -0.122. The summed E-state index contributed by atoms with van der Waals surface area (Å²) in [4.78, 5) is 37.7. The minimum atomic E-state index is -0.743. The number of carbonyl (C=O) groups is 3. The van der Waals surface area contributed by atoms with Gasteiger partial charge in [0, 0.05) is 18.9 Å². The topological polar surface area (TPSA) is 71.4 Å². The van der Waals surface area contributed by atoms with Crippen LogP contribution in [0.15, 0.2) is 48.2 Å². The molecule has 4 amide bonds. The molecule has 1 fully saturated rings. The first-order valence-electron chi connectivity index (χ1n) is 7.07. The molecule has 1 aromatic heterocycles. The third-order valence-electron chi connectivity index (χ3n) is 3.67. The van der Waals surface area contributed by atoms with E-state index >= 15 is 0 Å². The van der Waals surface area contributed by atoms with E-state index in [0.29, 0.717) is 11.4 Å². The van der Waals surface area contributed by atoms with E-state index in [4.69, 9.17) is 0 Å². The molecule has 2 heterocycles. The molecule has 1 N–H and O–H groups in total. The van der Waals surface area contributed by atoms with E-state index in [1.54, 1.807) is 54.2 Å². The summed E-state index contributed by atoms with van der Waals surface area (Å²) in [6, 6.07) is 9.78. The Morgan fingerprint density at radius 1 is 1.04 bits per heavy atom. The molecule has 116 valence electrons. The van der Waals surface area contributed by atoms with Crippen molar-refractivity contribution in [3.63, 3.8) is 0 Å². The second kappa shape index (κ2) is 5.57. The Kier molecular flexibility index (Phi) is 3.57. The van der Waals surface area contributed by atoms with Crippen LogP contribution in [-0.2, 0) is 16.6 Å². The van der Waals surface area contributed by atoms with Gasteiger partial charge in [-0.15, -0.1) is 0 Å². The van der Waals surface area contributed by atoms with E-state index in [0.717, 1.165) is 10.5 Å². The maximum absolute atomic E-state index is 12.6. The van der Waals surface area contributed by atoms with Crippen LogP contribution in [0.2, 0.25) is 0 Å². The molecule has 0 unspecified atom stereocenters. The van der Waals surface area contributed by atoms with Crippen LogP contribution < -0.4 is 10.2 Å². The molecule has 0 radical (unpaired) electrons. The summed E-state index contributed by atoms with van der Waals surface area (Å²) < 4.78 is 1.78. The second-order valence-electron chi connectivity index (χ2n) is 5.34. The lowest BCUT2D eigenvalue weighted by Gasteiger charge is -2.26. The highest BCUT2D eigenvalue weighted by molar-refractivity contribution is 6.39. The largest absolute Gasteiger partial charge is 0.351 e. The number of aromatic nitrogens is 1. The summed E-state index contributed by atoms with van der Waals surface area (Å²) in [5.41, 5.74) is 2.05. The summed E-state index contributed by atoms with van der Waals surface area (Å²) in [6.07, 6.45) is 3.28. The van der Waals surface area contributed by atoms with Crippen molar-refractivity contribution >= 4 is 29.6 Å². The number of benzene rings is 1. The van der Waals surface area contributed by atoms with Crippen LogP contribution in [0.5, 0.6) is 0 Å². The maximum Gasteiger partial charge on any atom is 0.335 e. The van der Waals surface area contributed by atoms with Gasteiger partial charge >= 0.3 is 6.03 Å². The quantitative estimate of drug-likeness (QED) is 0.681. The number of nitrogens with zero attached hydrogens (tertiary/aromatic N) is 2. The minimum absolute atomic E-state index is 0.0769. The second-order valence-corrected chi connectivity index (χ2v) is 5.34. The van der Waals surface area contributed by atoms with Crippen molar-refractivity contribution in [1.82, 2.24) is 9.88 Å². The summed E-state index contributed by atoms with van der Waals surface area (Å²) in [5, 5.41) is 2.20. The predicted molar refractivity (Wildman–Crippen MR) is 85.6 cm³/mol. The van der Waals surface area contributed by atoms with Crippen molar-refractivity contribution in [1.29, 1.82) is 0 Å². The fourth-order valence-electron chi connectivity index (χ4n) is 2.36. The Hall–Kier alpha value is -3.15. The molecular weight excluding hydrogens is 294 g/mol. The number of imide groups is 2. The van der Waals surface area contributed by atoms with Gasteiger partial charge in [-0.2, -0.15) is 0 Å². The lowest BCUT2D eigenvalue weighted by atomic mass is 10.1. The monoisotopic (exact) mass is 309 g/mol. The highest BCUT2D eigenvalue weighted by Crippen LogP contribution is 2.22. The molecule has 0 bridgehead atoms. The van der Waals surface area contributed by atoms with E-state index < -0.39 is 17.8 Å². The number of carbonyl (C=O) groups excluding carboxylic acids is 3. The number of nitrogens with one attached hydrogen (secondary N) is 1. The first-order chi connectivity index (χ1) is 11.0. The number of rotatable bonds is 2. The van der Waals surface area contributed by atoms with E-state index in [2.05, 4.69) is 5.32 Å². The third-order valence-corrected chi connectivity index (χ3v) is 3.67. The summed E-state index contributed by atoms with van der Waals surface area (Å²) in [6.45, 7) is 1.91. The number of anilines is 1. The van der Waals surface area contributed by atoms with E-state index in [-0.39, 0.29) is 5.57 Å². The van der Waals surface area contributed by atoms with Crippen LogP contribution in [0.1, 0.15) is 11.3 Å². The van der Waals surface area contributed by atoms with Crippen LogP contribution in [0, 0.1) is 6.92 Å². The van der Waals surface area contributed by atoms with Gasteiger partial charge in [0.25, 0.3) is 11.8 Å². The van der Waals surface area contributed by atoms with Gasteiger partial charge in [-0.25, -0.2) is 9.69 Å². The summed E-state index contributed by atoms with van der Waals surface area (Å²) >= 11 is 0. The molecule has 0 spiro atoms. The molecule has 1 aromatic carbocycles. The predicted octanol–water partition coefficient (Wildman–Crippen LogP) is 2.00. The molecule has 6 heteroatoms. The average Bonchev–Trinajstić information content (AvgIpc) is 2.90. The molecule has 3 rings (SSSR count). The smallest absolute Gasteiger partial charge is 0.335 e. The zero-order chi connectivity index (χ0) is 16.6. The molecule has 0 saturated carbocycles. The zero-order valence-corrected chi connectivity index (χ0v) is 12.7. The van der Waals surface area contributed by atoms with Gasteiger partial charge in [0.1, 0.15) is 5.57 Å². The number of amides is 4. The van der Waals surface area contributed by atoms with E-state index in [9.17, 15) is 14.4 Å². The van der Waals surface area contributed by atoms with Crippen LogP contribution >= 0.6 is 0 Å². The van der Waals surface area contributed by atoms with Gasteiger partial charge in [0.15, 0.2) is 0 Å². The molecule has 2 aromatic rings. The van der Waals surface area contributed by atoms with Crippen molar-refractivity contribution in [2.45, 2.75) is 6.92 Å². The number of hydrogen-bond acceptors (Lipinski definition) is 3. The third kappa shape index (κ3) is 2.66. The fraction of sp³-hybridized carbons (Fsp3) is 0.118. The van der Waals surface area contributed by atoms with Crippen LogP contribution in [0.3, 0.4) is 0 Å². The SMILES string of the molecule is Cc1ccc(N2C(=O)NC(=O)/C(=C\c3cccn3C)C2=O)cc1. The molecule has 0 aliphatic carbocycles. The standard InChI is InChI=1S/C17H15N3O3/c1-11-5-7-12(8-6-11)20-16(22)14(15(21)18-17(20)23)10-13-4-3-9-19(13)2/h3-10H,1-2H3,(H,18,21,23)/b14-10+. The Balaban J connectivity index is 2.02. The Morgan fingerprint density at radius 2 is 1.74 bits per heavy atom. The first kappa shape index (κ1) is 14.8. The van der Waals surface area contributed by atoms with E-state index in [1.165, 1.54) is 6.08 Å². The van der Waals surface area contributed by atoms with Gasteiger partial charge in [0.2, 0.25) is 0 Å². The average molecular weight is 309 g/mol. The zero-order valence-electron chi connectivity index (χ0n) is 12.7. The minimum Gasteiger partial charge on any atom is -0.351 e. The molecule has 1 aliphatic heterocycles. The Morgan fingerprint density at radius 3 is 2.35 bits per heavy atom. The fourth-order valence-corrected chi connectivity index (χ4v) is 2.36. The number of barbiturate groups is 1. The molecule has 1 aliphatic rings. The Bertz CT molecular complexity index is 831. The van der Waals surface area contributed by atoms with Crippen LogP contribution in [-0.4, -0.2) is 22.4 Å². The normalized spacial score (nSPS) is 16.9. The van der Waals surface area contributed by atoms with Crippen molar-refractivity contribution in [2.75, 3.05) is 4.90 Å². The van der Waals surface area contributed by atoms with Crippen molar-refractivity contribution in [2.24, 2.45) is 7.05 Å². The maximum atomic E-state index is 12.6. The van der Waals surface area contributed by atoms with Crippen molar-refractivity contribution in [3.05, 3.63) is 59.4 Å². The highest BCUT2D eigenvalue weighted by atomic mass is 16.2. The first-order valence-corrected chi connectivity index (χ1v) is 7.07. The van der Waals surface area contributed by atoms with Gasteiger partial charge in [0.05, 0.1) is 5.69 Å². The highest BCUT2D eigenvalue weighted by Gasteiger charge is 2.36. The molecule has 23 heavy (non-hydrogen) atoms. The van der Waals surface area contributed by atoms with Crippen molar-refractivity contribution in [3.8, 4) is 0 Å². The molecule has 1 saturated heterocycles. The summed E-state index contributed by atoms with van der Waals surface area (Å²) in [7, 11) is 1.81. The Labute approximate surface area is 133 Å². The van der Waals surface area contributed by atoms with Gasteiger partial charge in [-0.05, 0) is 37.3 Å². The van der Waals surface area contributed by atoms with Gasteiger partial charge in [-0.3, -0.25) is 14.9 Å². The lowest BCUT2D eigenvalue weighted by Crippen LogP contribution is -2.54. The van der Waals surface area contributed by atoms with Crippen LogP contribution in [0.4, 0.5) is 10.5 Å². The van der Waals surface area contributed by atoms with E-state index in [1.807, 2.05) is 6.92 Å². The number of urea groups is 1. The summed E-state index contributed by atoms with van der Waals surface area (Å²) in [5.74, 6) is -1.33. The molecule has 0 atom stereocenters. The van der Waals surface area contributed by atoms with Crippen LogP contribution in [0.25, 0.3) is 6.08 Å². The van der Waals surface area contributed by atoms with Crippen molar-refractivity contribution < 1.29 is 14.4 Å².